The van der Waals surface area contributed by atoms with E-state index in [-0.39, 0.29) is 12.8 Å². The van der Waals surface area contributed by atoms with Crippen LogP contribution in [0.5, 0.6) is 0 Å². The van der Waals surface area contributed by atoms with Crippen LogP contribution in [0.1, 0.15) is 47.5 Å². The Morgan fingerprint density at radius 3 is 1.60 bits per heavy atom. The zero-order chi connectivity index (χ0) is 16.1. The van der Waals surface area contributed by atoms with Crippen LogP contribution in [0.25, 0.3) is 0 Å². The van der Waals surface area contributed by atoms with Crippen LogP contribution in [0.3, 0.4) is 0 Å². The molecule has 0 aliphatic carbocycles. The van der Waals surface area contributed by atoms with Crippen molar-refractivity contribution >= 4 is 18.0 Å². The number of nitrogens with zero attached hydrogens (tertiary/aromatic N) is 1. The van der Waals surface area contributed by atoms with Crippen molar-refractivity contribution < 1.29 is 29.3 Å². The molecule has 20 heavy (non-hydrogen) atoms. The number of amides is 1. The van der Waals surface area contributed by atoms with E-state index < -0.39 is 35.7 Å². The van der Waals surface area contributed by atoms with Crippen molar-refractivity contribution in [3.05, 3.63) is 0 Å². The largest absolute Gasteiger partial charge is 0.481 e. The summed E-state index contributed by atoms with van der Waals surface area (Å²) < 4.78 is 5.21. The molecule has 0 saturated carbocycles. The van der Waals surface area contributed by atoms with E-state index in [1.165, 1.54) is 4.90 Å². The zero-order valence-corrected chi connectivity index (χ0v) is 12.5. The predicted octanol–water partition coefficient (Wildman–Crippen LogP) is 1.95. The van der Waals surface area contributed by atoms with Crippen molar-refractivity contribution in [1.82, 2.24) is 4.90 Å². The molecule has 0 spiro atoms. The van der Waals surface area contributed by atoms with Gasteiger partial charge in [-0.2, -0.15) is 0 Å². The number of carboxylic acids is 2. The lowest BCUT2D eigenvalue weighted by Crippen LogP contribution is -2.48. The van der Waals surface area contributed by atoms with Gasteiger partial charge in [-0.05, 0) is 34.6 Å². The fraction of sp³-hybridized carbons (Fsp3) is 0.769. The molecule has 116 valence electrons. The van der Waals surface area contributed by atoms with E-state index in [0.29, 0.717) is 0 Å². The van der Waals surface area contributed by atoms with Gasteiger partial charge in [0, 0.05) is 12.1 Å². The van der Waals surface area contributed by atoms with Crippen LogP contribution in [0.2, 0.25) is 0 Å². The summed E-state index contributed by atoms with van der Waals surface area (Å²) in [6.07, 6.45) is -1.26. The first-order chi connectivity index (χ1) is 8.94. The summed E-state index contributed by atoms with van der Waals surface area (Å²) in [4.78, 5) is 34.8. The highest BCUT2D eigenvalue weighted by molar-refractivity contribution is 5.73. The van der Waals surface area contributed by atoms with Crippen LogP contribution in [0.4, 0.5) is 4.79 Å². The van der Waals surface area contributed by atoms with Gasteiger partial charge in [0.2, 0.25) is 0 Å². The molecule has 1 unspecified atom stereocenters. The Morgan fingerprint density at radius 2 is 1.35 bits per heavy atom. The van der Waals surface area contributed by atoms with E-state index in [1.807, 2.05) is 0 Å². The lowest BCUT2D eigenvalue weighted by Gasteiger charge is -2.35. The fourth-order valence-electron chi connectivity index (χ4n) is 1.81. The number of aliphatic carboxylic acids is 2. The van der Waals surface area contributed by atoms with Gasteiger partial charge >= 0.3 is 18.0 Å². The molecule has 0 aliphatic rings. The van der Waals surface area contributed by atoms with Gasteiger partial charge in [-0.3, -0.25) is 9.59 Å². The molecule has 7 nitrogen and oxygen atoms in total. The number of rotatable bonds is 6. The number of hydrogen-bond donors (Lipinski definition) is 2. The second-order valence-corrected chi connectivity index (χ2v) is 5.78. The lowest BCUT2D eigenvalue weighted by molar-refractivity contribution is -0.138. The van der Waals surface area contributed by atoms with E-state index in [0.717, 1.165) is 0 Å². The molecule has 0 aliphatic heterocycles. The van der Waals surface area contributed by atoms with Crippen LogP contribution in [-0.2, 0) is 14.3 Å². The van der Waals surface area contributed by atoms with E-state index in [1.54, 1.807) is 34.6 Å². The van der Waals surface area contributed by atoms with Crippen LogP contribution < -0.4 is 0 Å². The molecular formula is C13H23NO6. The first kappa shape index (κ1) is 18.2. The molecule has 0 aromatic heterocycles. The Bertz CT molecular complexity index is 352. The maximum Gasteiger partial charge on any atom is 0.410 e. The van der Waals surface area contributed by atoms with Crippen LogP contribution in [0, 0.1) is 0 Å². The fourth-order valence-corrected chi connectivity index (χ4v) is 1.81. The average molecular weight is 289 g/mol. The third-order valence-corrected chi connectivity index (χ3v) is 2.49. The molecule has 0 heterocycles. The van der Waals surface area contributed by atoms with Gasteiger partial charge < -0.3 is 19.8 Å². The topological polar surface area (TPSA) is 104 Å². The Hall–Kier alpha value is -1.79. The number of carbonyl (C=O) groups is 3. The van der Waals surface area contributed by atoms with E-state index >= 15 is 0 Å². The summed E-state index contributed by atoms with van der Waals surface area (Å²) in [5, 5.41) is 17.6. The van der Waals surface area contributed by atoms with Crippen molar-refractivity contribution in [2.75, 3.05) is 0 Å². The van der Waals surface area contributed by atoms with Gasteiger partial charge in [0.25, 0.3) is 0 Å². The quantitative estimate of drug-likeness (QED) is 0.774. The molecule has 0 bridgehead atoms. The molecule has 0 radical (unpaired) electrons. The van der Waals surface area contributed by atoms with Gasteiger partial charge in [0.05, 0.1) is 12.8 Å². The van der Waals surface area contributed by atoms with Crippen LogP contribution in [-0.4, -0.2) is 50.8 Å². The molecule has 2 N–H and O–H groups in total. The van der Waals surface area contributed by atoms with Gasteiger partial charge in [-0.1, -0.05) is 0 Å². The SMILES string of the molecule is CC(CC(=O)O)N(C(=O)OC(C)(C)C)[C@H](C)CC(=O)O. The Kier molecular flexibility index (Phi) is 6.48. The van der Waals surface area contributed by atoms with E-state index in [9.17, 15) is 14.4 Å². The van der Waals surface area contributed by atoms with Gasteiger partial charge in [0.1, 0.15) is 5.60 Å². The summed E-state index contributed by atoms with van der Waals surface area (Å²) in [5.74, 6) is -2.12. The summed E-state index contributed by atoms with van der Waals surface area (Å²) >= 11 is 0. The Balaban J connectivity index is 5.08. The summed E-state index contributed by atoms with van der Waals surface area (Å²) in [7, 11) is 0. The maximum absolute atomic E-state index is 12.1. The monoisotopic (exact) mass is 289 g/mol. The van der Waals surface area contributed by atoms with Crippen molar-refractivity contribution in [1.29, 1.82) is 0 Å². The molecule has 0 fully saturated rings. The zero-order valence-electron chi connectivity index (χ0n) is 12.5. The second-order valence-electron chi connectivity index (χ2n) is 5.78. The van der Waals surface area contributed by atoms with Crippen LogP contribution in [0.15, 0.2) is 0 Å². The molecule has 0 saturated heterocycles. The van der Waals surface area contributed by atoms with Crippen molar-refractivity contribution in [3.8, 4) is 0 Å². The van der Waals surface area contributed by atoms with Crippen molar-refractivity contribution in [3.63, 3.8) is 0 Å². The first-order valence-electron chi connectivity index (χ1n) is 6.39. The molecule has 0 aromatic rings. The number of hydrogen-bond acceptors (Lipinski definition) is 4. The average Bonchev–Trinajstić information content (AvgIpc) is 2.10. The molecule has 2 atom stereocenters. The van der Waals surface area contributed by atoms with E-state index in [4.69, 9.17) is 14.9 Å². The Labute approximate surface area is 118 Å². The molecule has 0 aromatic carbocycles. The standard InChI is InChI=1S/C13H23NO6/c1-8(6-10(15)16)14(9(2)7-11(17)18)12(19)20-13(3,4)5/h8-9H,6-7H2,1-5H3,(H,15,16)(H,17,18)/t8-,9?/m1/s1. The van der Waals surface area contributed by atoms with Crippen molar-refractivity contribution in [2.24, 2.45) is 0 Å². The maximum atomic E-state index is 12.1. The molecule has 0 rings (SSSR count). The highest BCUT2D eigenvalue weighted by Gasteiger charge is 2.31. The smallest absolute Gasteiger partial charge is 0.410 e. The second kappa shape index (κ2) is 7.12. The number of carboxylic acid groups (broad SMARTS) is 2. The predicted molar refractivity (Wildman–Crippen MR) is 71.5 cm³/mol. The minimum Gasteiger partial charge on any atom is -0.481 e. The third kappa shape index (κ3) is 6.96. The number of ether oxygens (including phenoxy) is 1. The minimum absolute atomic E-state index is 0.275. The molecule has 1 amide bonds. The molecule has 7 heteroatoms. The van der Waals surface area contributed by atoms with Gasteiger partial charge in [-0.15, -0.1) is 0 Å². The van der Waals surface area contributed by atoms with Crippen molar-refractivity contribution in [2.45, 2.75) is 65.1 Å². The first-order valence-corrected chi connectivity index (χ1v) is 6.39. The summed E-state index contributed by atoms with van der Waals surface area (Å²) in [6, 6.07) is -1.31. The molecular weight excluding hydrogens is 266 g/mol. The minimum atomic E-state index is -1.06. The number of carbonyl (C=O) groups excluding carboxylic acids is 1. The van der Waals surface area contributed by atoms with Gasteiger partial charge in [0.15, 0.2) is 0 Å². The van der Waals surface area contributed by atoms with Crippen LogP contribution >= 0.6 is 0 Å². The normalized spacial score (nSPS) is 14.2. The highest BCUT2D eigenvalue weighted by Crippen LogP contribution is 2.18. The lowest BCUT2D eigenvalue weighted by atomic mass is 10.1. The highest BCUT2D eigenvalue weighted by atomic mass is 16.6. The third-order valence-electron chi connectivity index (χ3n) is 2.49. The van der Waals surface area contributed by atoms with E-state index in [2.05, 4.69) is 0 Å². The summed E-state index contributed by atoms with van der Waals surface area (Å²) in [5.41, 5.74) is -0.735. The van der Waals surface area contributed by atoms with Gasteiger partial charge in [-0.25, -0.2) is 4.79 Å². The Morgan fingerprint density at radius 1 is 1.00 bits per heavy atom. The summed E-state index contributed by atoms with van der Waals surface area (Å²) in [6.45, 7) is 8.17.